The van der Waals surface area contributed by atoms with Crippen molar-refractivity contribution >= 4 is 33.4 Å². The van der Waals surface area contributed by atoms with Gasteiger partial charge in [0, 0.05) is 4.47 Å². The van der Waals surface area contributed by atoms with Crippen LogP contribution < -0.4 is 11.1 Å². The highest BCUT2D eigenvalue weighted by Gasteiger charge is 2.18. The van der Waals surface area contributed by atoms with E-state index >= 15 is 0 Å². The zero-order chi connectivity index (χ0) is 13.0. The molecule has 0 radical (unpaired) electrons. The van der Waals surface area contributed by atoms with Crippen molar-refractivity contribution in [1.29, 1.82) is 0 Å². The van der Waals surface area contributed by atoms with Crippen molar-refractivity contribution in [1.82, 2.24) is 5.32 Å². The lowest BCUT2D eigenvalue weighted by Gasteiger charge is -2.17. The van der Waals surface area contributed by atoms with E-state index in [4.69, 9.17) is 17.3 Å². The molecule has 1 aromatic rings. The largest absolute Gasteiger partial charge is 0.368 e. The van der Waals surface area contributed by atoms with Crippen molar-refractivity contribution in [2.45, 2.75) is 19.9 Å². The van der Waals surface area contributed by atoms with Gasteiger partial charge in [0.1, 0.15) is 6.04 Å². The van der Waals surface area contributed by atoms with Crippen LogP contribution in [0.25, 0.3) is 0 Å². The zero-order valence-electron chi connectivity index (χ0n) is 9.84. The molecule has 0 aromatic heterocycles. The molecule has 1 unspecified atom stereocenters. The summed E-state index contributed by atoms with van der Waals surface area (Å²) in [7, 11) is 0. The summed E-state index contributed by atoms with van der Waals surface area (Å²) in [6, 6.07) is 4.89. The van der Waals surface area contributed by atoms with Gasteiger partial charge in [0.2, 0.25) is 5.91 Å². The summed E-state index contributed by atoms with van der Waals surface area (Å²) >= 11 is 9.31. The van der Waals surface area contributed by atoms with Crippen LogP contribution in [-0.2, 0) is 4.79 Å². The van der Waals surface area contributed by atoms with Gasteiger partial charge in [-0.15, -0.1) is 0 Å². The summed E-state index contributed by atoms with van der Waals surface area (Å²) in [4.78, 5) is 11.4. The Kier molecular flexibility index (Phi) is 5.43. The van der Waals surface area contributed by atoms with Gasteiger partial charge < -0.3 is 11.1 Å². The molecule has 0 aliphatic carbocycles. The third kappa shape index (κ3) is 4.30. The van der Waals surface area contributed by atoms with Crippen LogP contribution in [0.5, 0.6) is 0 Å². The standard InChI is InChI=1S/C12H16BrClN2O/c1-7(2)6-16-11(12(15)17)8-3-4-9(13)10(14)5-8/h3-5,7,11,16H,6H2,1-2H3,(H2,15,17). The second-order valence-electron chi connectivity index (χ2n) is 4.31. The van der Waals surface area contributed by atoms with Crippen molar-refractivity contribution in [2.75, 3.05) is 6.54 Å². The number of nitrogens with two attached hydrogens (primary N) is 1. The van der Waals surface area contributed by atoms with E-state index in [2.05, 4.69) is 35.1 Å². The van der Waals surface area contributed by atoms with Crippen LogP contribution in [0.1, 0.15) is 25.5 Å². The maximum absolute atomic E-state index is 11.4. The highest BCUT2D eigenvalue weighted by atomic mass is 79.9. The van der Waals surface area contributed by atoms with Gasteiger partial charge in [0.15, 0.2) is 0 Å². The topological polar surface area (TPSA) is 55.1 Å². The summed E-state index contributed by atoms with van der Waals surface area (Å²) in [6.07, 6.45) is 0. The lowest BCUT2D eigenvalue weighted by molar-refractivity contribution is -0.120. The molecule has 0 aliphatic heterocycles. The van der Waals surface area contributed by atoms with E-state index < -0.39 is 11.9 Å². The molecule has 17 heavy (non-hydrogen) atoms. The van der Waals surface area contributed by atoms with Crippen LogP contribution in [0.15, 0.2) is 22.7 Å². The quantitative estimate of drug-likeness (QED) is 0.877. The Balaban J connectivity index is 2.89. The Labute approximate surface area is 115 Å². The summed E-state index contributed by atoms with van der Waals surface area (Å²) in [6.45, 7) is 4.86. The van der Waals surface area contributed by atoms with Crippen LogP contribution in [-0.4, -0.2) is 12.5 Å². The molecule has 0 saturated heterocycles. The second-order valence-corrected chi connectivity index (χ2v) is 5.57. The van der Waals surface area contributed by atoms with E-state index in [1.807, 2.05) is 12.1 Å². The average Bonchev–Trinajstić information content (AvgIpc) is 2.22. The van der Waals surface area contributed by atoms with E-state index in [1.165, 1.54) is 0 Å². The number of primary amides is 1. The first-order chi connectivity index (χ1) is 7.91. The van der Waals surface area contributed by atoms with Gasteiger partial charge in [-0.2, -0.15) is 0 Å². The van der Waals surface area contributed by atoms with Gasteiger partial charge in [-0.05, 0) is 46.1 Å². The maximum atomic E-state index is 11.4. The maximum Gasteiger partial charge on any atom is 0.239 e. The van der Waals surface area contributed by atoms with Crippen molar-refractivity contribution in [3.63, 3.8) is 0 Å². The van der Waals surface area contributed by atoms with Crippen molar-refractivity contribution < 1.29 is 4.79 Å². The zero-order valence-corrected chi connectivity index (χ0v) is 12.2. The van der Waals surface area contributed by atoms with Gasteiger partial charge >= 0.3 is 0 Å². The summed E-state index contributed by atoms with van der Waals surface area (Å²) < 4.78 is 0.801. The molecule has 0 saturated carbocycles. The molecule has 0 spiro atoms. The first kappa shape index (κ1) is 14.5. The smallest absolute Gasteiger partial charge is 0.239 e. The van der Waals surface area contributed by atoms with Crippen molar-refractivity contribution in [3.8, 4) is 0 Å². The number of hydrogen-bond donors (Lipinski definition) is 2. The Morgan fingerprint density at radius 1 is 1.53 bits per heavy atom. The number of halogens is 2. The molecule has 0 bridgehead atoms. The van der Waals surface area contributed by atoms with Crippen LogP contribution in [0.2, 0.25) is 5.02 Å². The Bertz CT molecular complexity index is 409. The fourth-order valence-electron chi connectivity index (χ4n) is 1.43. The minimum atomic E-state index is -0.497. The van der Waals surface area contributed by atoms with Gasteiger partial charge in [-0.25, -0.2) is 0 Å². The lowest BCUT2D eigenvalue weighted by atomic mass is 10.1. The van der Waals surface area contributed by atoms with E-state index in [0.29, 0.717) is 10.9 Å². The molecule has 1 aromatic carbocycles. The summed E-state index contributed by atoms with van der Waals surface area (Å²) in [5.74, 6) is 0.0480. The highest BCUT2D eigenvalue weighted by molar-refractivity contribution is 9.10. The fraction of sp³-hybridized carbons (Fsp3) is 0.417. The van der Waals surface area contributed by atoms with Crippen molar-refractivity contribution in [2.24, 2.45) is 11.7 Å². The molecule has 1 atom stereocenters. The molecule has 5 heteroatoms. The summed E-state index contributed by atoms with van der Waals surface area (Å²) in [5.41, 5.74) is 6.17. The van der Waals surface area contributed by atoms with Crippen LogP contribution in [0.4, 0.5) is 0 Å². The molecular weight excluding hydrogens is 304 g/mol. The van der Waals surface area contributed by atoms with Gasteiger partial charge in [0.25, 0.3) is 0 Å². The molecule has 0 fully saturated rings. The normalized spacial score (nSPS) is 12.8. The van der Waals surface area contributed by atoms with E-state index in [0.717, 1.165) is 16.6 Å². The predicted octanol–water partition coefficient (Wildman–Crippen LogP) is 2.87. The minimum Gasteiger partial charge on any atom is -0.368 e. The van der Waals surface area contributed by atoms with E-state index in [1.54, 1.807) is 6.07 Å². The molecule has 3 nitrogen and oxygen atoms in total. The van der Waals surface area contributed by atoms with Crippen LogP contribution in [0.3, 0.4) is 0 Å². The third-order valence-electron chi connectivity index (χ3n) is 2.29. The molecule has 0 aliphatic rings. The van der Waals surface area contributed by atoms with E-state index in [9.17, 15) is 4.79 Å². The molecule has 0 heterocycles. The third-order valence-corrected chi connectivity index (χ3v) is 3.52. The van der Waals surface area contributed by atoms with Gasteiger partial charge in [-0.3, -0.25) is 4.79 Å². The SMILES string of the molecule is CC(C)CNC(C(N)=O)c1ccc(Br)c(Cl)c1. The van der Waals surface area contributed by atoms with Crippen LogP contribution in [0, 0.1) is 5.92 Å². The van der Waals surface area contributed by atoms with Gasteiger partial charge in [-0.1, -0.05) is 31.5 Å². The number of nitrogens with one attached hydrogen (secondary N) is 1. The molecule has 3 N–H and O–H groups in total. The number of benzene rings is 1. The first-order valence-corrected chi connectivity index (χ1v) is 6.56. The summed E-state index contributed by atoms with van der Waals surface area (Å²) in [5, 5.41) is 3.70. The first-order valence-electron chi connectivity index (χ1n) is 5.39. The molecular formula is C12H16BrClN2O. The average molecular weight is 320 g/mol. The lowest BCUT2D eigenvalue weighted by Crippen LogP contribution is -2.35. The Morgan fingerprint density at radius 2 is 2.18 bits per heavy atom. The number of carbonyl (C=O) groups excluding carboxylic acids is 1. The number of rotatable bonds is 5. The van der Waals surface area contributed by atoms with Crippen LogP contribution >= 0.6 is 27.5 Å². The predicted molar refractivity (Wildman–Crippen MR) is 73.9 cm³/mol. The Hall–Kier alpha value is -0.580. The minimum absolute atomic E-state index is 0.399. The Morgan fingerprint density at radius 3 is 2.65 bits per heavy atom. The van der Waals surface area contributed by atoms with E-state index in [-0.39, 0.29) is 0 Å². The molecule has 1 rings (SSSR count). The number of carbonyl (C=O) groups is 1. The highest BCUT2D eigenvalue weighted by Crippen LogP contribution is 2.26. The fourth-order valence-corrected chi connectivity index (χ4v) is 1.86. The van der Waals surface area contributed by atoms with Crippen molar-refractivity contribution in [3.05, 3.63) is 33.3 Å². The second kappa shape index (κ2) is 6.38. The van der Waals surface area contributed by atoms with Gasteiger partial charge in [0.05, 0.1) is 5.02 Å². The number of hydrogen-bond acceptors (Lipinski definition) is 2. The molecule has 1 amide bonds. The molecule has 94 valence electrons. The number of amides is 1. The monoisotopic (exact) mass is 318 g/mol.